The summed E-state index contributed by atoms with van der Waals surface area (Å²) in [6, 6.07) is 0. The van der Waals surface area contributed by atoms with Crippen molar-refractivity contribution in [1.29, 1.82) is 0 Å². The zero-order valence-corrected chi connectivity index (χ0v) is 23.6. The van der Waals surface area contributed by atoms with Crippen LogP contribution in [-0.2, 0) is 23.7 Å². The SMILES string of the molecule is CCOC(CC)N(CCPC(CC)(OCC)OCC)CCPC(CC)(OCC)OCC. The molecule has 0 saturated heterocycles. The lowest BCUT2D eigenvalue weighted by atomic mass is 10.3. The van der Waals surface area contributed by atoms with Gasteiger partial charge in [0.1, 0.15) is 6.23 Å². The zero-order chi connectivity index (χ0) is 23.6. The summed E-state index contributed by atoms with van der Waals surface area (Å²) < 4.78 is 30.2. The Morgan fingerprint density at radius 2 is 1.00 bits per heavy atom. The van der Waals surface area contributed by atoms with E-state index in [1.807, 2.05) is 27.7 Å². The highest BCUT2D eigenvalue weighted by Gasteiger charge is 2.31. The molecule has 0 rings (SSSR count). The highest BCUT2D eigenvalue weighted by atomic mass is 31.1. The van der Waals surface area contributed by atoms with Crippen molar-refractivity contribution >= 4 is 17.2 Å². The second kappa shape index (κ2) is 19.0. The Hall–Kier alpha value is 0.620. The molecule has 3 atom stereocenters. The maximum atomic E-state index is 6.07. The number of rotatable bonds is 22. The molecule has 0 saturated carbocycles. The molecule has 0 aliphatic heterocycles. The fourth-order valence-corrected chi connectivity index (χ4v) is 6.78. The molecule has 0 radical (unpaired) electrons. The van der Waals surface area contributed by atoms with E-state index in [9.17, 15) is 0 Å². The molecule has 0 heterocycles. The highest BCUT2D eigenvalue weighted by Crippen LogP contribution is 2.39. The van der Waals surface area contributed by atoms with Gasteiger partial charge in [0.25, 0.3) is 0 Å². The molecule has 31 heavy (non-hydrogen) atoms. The number of ether oxygens (including phenoxy) is 5. The van der Waals surface area contributed by atoms with Gasteiger partial charge in [0.05, 0.1) is 0 Å². The topological polar surface area (TPSA) is 49.4 Å². The van der Waals surface area contributed by atoms with Crippen LogP contribution in [0, 0.1) is 0 Å². The third-order valence-electron chi connectivity index (χ3n) is 5.14. The number of nitrogens with zero attached hydrogens (tertiary/aromatic N) is 1. The monoisotopic (exact) mass is 483 g/mol. The van der Waals surface area contributed by atoms with Crippen molar-refractivity contribution in [3.63, 3.8) is 0 Å². The lowest BCUT2D eigenvalue weighted by Crippen LogP contribution is -2.41. The van der Waals surface area contributed by atoms with E-state index in [2.05, 4.69) is 32.6 Å². The standard InChI is InChI=1S/C23H51NO5P2/c1-9-21(25-12-4)24(17-19-30-22(10-2,26-13-5)27-14-6)18-20-31-23(11-3,28-15-7)29-16-8/h21,30-31H,9-20H2,1-8H3. The normalized spacial score (nSPS) is 14.6. The first-order valence-electron chi connectivity index (χ1n) is 12.4. The Morgan fingerprint density at radius 1 is 0.613 bits per heavy atom. The molecule has 0 aromatic heterocycles. The van der Waals surface area contributed by atoms with E-state index in [1.54, 1.807) is 0 Å². The van der Waals surface area contributed by atoms with Crippen LogP contribution in [0.1, 0.15) is 74.7 Å². The average molecular weight is 484 g/mol. The van der Waals surface area contributed by atoms with Crippen molar-refractivity contribution in [2.24, 2.45) is 0 Å². The summed E-state index contributed by atoms with van der Waals surface area (Å²) in [5, 5.41) is 0. The van der Waals surface area contributed by atoms with Gasteiger partial charge in [0, 0.05) is 59.0 Å². The maximum absolute atomic E-state index is 6.07. The minimum absolute atomic E-state index is 0.144. The predicted molar refractivity (Wildman–Crippen MR) is 136 cm³/mol. The van der Waals surface area contributed by atoms with Gasteiger partial charge < -0.3 is 23.7 Å². The average Bonchev–Trinajstić information content (AvgIpc) is 2.77. The molecule has 0 spiro atoms. The van der Waals surface area contributed by atoms with E-state index in [-0.39, 0.29) is 6.23 Å². The van der Waals surface area contributed by atoms with Crippen LogP contribution in [0.25, 0.3) is 0 Å². The Kier molecular flexibility index (Phi) is 19.4. The van der Waals surface area contributed by atoms with Gasteiger partial charge in [0.15, 0.2) is 11.1 Å². The van der Waals surface area contributed by atoms with Crippen molar-refractivity contribution in [3.8, 4) is 0 Å². The van der Waals surface area contributed by atoms with Crippen molar-refractivity contribution in [1.82, 2.24) is 4.90 Å². The van der Waals surface area contributed by atoms with E-state index in [1.165, 1.54) is 0 Å². The Labute approximate surface area is 196 Å². The summed E-state index contributed by atoms with van der Waals surface area (Å²) in [6.45, 7) is 22.1. The molecule has 0 N–H and O–H groups in total. The molecule has 188 valence electrons. The zero-order valence-electron chi connectivity index (χ0n) is 21.6. The van der Waals surface area contributed by atoms with E-state index in [0.29, 0.717) is 43.6 Å². The van der Waals surface area contributed by atoms with Crippen molar-refractivity contribution in [3.05, 3.63) is 0 Å². The largest absolute Gasteiger partial charge is 0.363 e. The summed E-state index contributed by atoms with van der Waals surface area (Å²) >= 11 is 0. The maximum Gasteiger partial charge on any atom is 0.183 e. The number of hydrogen-bond acceptors (Lipinski definition) is 6. The fraction of sp³-hybridized carbons (Fsp3) is 1.00. The lowest BCUT2D eigenvalue weighted by molar-refractivity contribution is -0.169. The molecule has 0 amide bonds. The minimum atomic E-state index is -0.439. The Balaban J connectivity index is 5.07. The third-order valence-corrected chi connectivity index (χ3v) is 8.45. The molecular formula is C23H51NO5P2. The molecule has 0 bridgehead atoms. The van der Waals surface area contributed by atoms with Gasteiger partial charge in [0.2, 0.25) is 0 Å². The van der Waals surface area contributed by atoms with Crippen LogP contribution >= 0.6 is 17.2 Å². The molecule has 3 unspecified atom stereocenters. The van der Waals surface area contributed by atoms with Crippen molar-refractivity contribution in [2.45, 2.75) is 91.9 Å². The number of hydrogen-bond donors (Lipinski definition) is 0. The van der Waals surface area contributed by atoms with Crippen molar-refractivity contribution in [2.75, 3.05) is 58.4 Å². The molecule has 0 aliphatic rings. The van der Waals surface area contributed by atoms with Crippen LogP contribution in [0.2, 0.25) is 0 Å². The van der Waals surface area contributed by atoms with E-state index in [4.69, 9.17) is 23.7 Å². The van der Waals surface area contributed by atoms with Gasteiger partial charge in [-0.05, 0) is 53.4 Å². The summed E-state index contributed by atoms with van der Waals surface area (Å²) in [7, 11) is 1.20. The van der Waals surface area contributed by atoms with E-state index >= 15 is 0 Å². The van der Waals surface area contributed by atoms with Crippen LogP contribution in [0.4, 0.5) is 0 Å². The summed E-state index contributed by atoms with van der Waals surface area (Å²) in [5.74, 6) is 0. The quantitative estimate of drug-likeness (QED) is 0.146. The first-order chi connectivity index (χ1) is 15.0. The van der Waals surface area contributed by atoms with Crippen molar-refractivity contribution < 1.29 is 23.7 Å². The molecule has 0 aliphatic carbocycles. The second-order valence-electron chi connectivity index (χ2n) is 7.15. The van der Waals surface area contributed by atoms with Gasteiger partial charge in [-0.3, -0.25) is 4.90 Å². The van der Waals surface area contributed by atoms with E-state index < -0.39 is 11.1 Å². The lowest BCUT2D eigenvalue weighted by Gasteiger charge is -2.36. The Morgan fingerprint density at radius 3 is 1.26 bits per heavy atom. The molecule has 8 heteroatoms. The summed E-state index contributed by atoms with van der Waals surface area (Å²) in [4.78, 5) is 2.49. The molecule has 0 aromatic carbocycles. The summed E-state index contributed by atoms with van der Waals surface area (Å²) in [5.41, 5.74) is -0.878. The van der Waals surface area contributed by atoms with Crippen LogP contribution in [-0.4, -0.2) is 80.6 Å². The summed E-state index contributed by atoms with van der Waals surface area (Å²) in [6.07, 6.45) is 4.95. The fourth-order valence-electron chi connectivity index (χ4n) is 3.73. The van der Waals surface area contributed by atoms with Crippen LogP contribution < -0.4 is 0 Å². The molecular weight excluding hydrogens is 432 g/mol. The molecule has 6 nitrogen and oxygen atoms in total. The predicted octanol–water partition coefficient (Wildman–Crippen LogP) is 5.69. The first kappa shape index (κ1) is 31.6. The van der Waals surface area contributed by atoms with E-state index in [0.717, 1.165) is 51.3 Å². The van der Waals surface area contributed by atoms with Gasteiger partial charge in [-0.1, -0.05) is 37.9 Å². The van der Waals surface area contributed by atoms with Crippen LogP contribution in [0.15, 0.2) is 0 Å². The first-order valence-corrected chi connectivity index (χ1v) is 14.8. The molecule has 0 fully saturated rings. The van der Waals surface area contributed by atoms with Crippen LogP contribution in [0.3, 0.4) is 0 Å². The third kappa shape index (κ3) is 12.1. The van der Waals surface area contributed by atoms with Gasteiger partial charge in [-0.25, -0.2) is 0 Å². The Bertz CT molecular complexity index is 375. The smallest absolute Gasteiger partial charge is 0.183 e. The van der Waals surface area contributed by atoms with Gasteiger partial charge >= 0.3 is 0 Å². The molecule has 0 aromatic rings. The highest BCUT2D eigenvalue weighted by molar-refractivity contribution is 7.39. The van der Waals surface area contributed by atoms with Gasteiger partial charge in [-0.2, -0.15) is 0 Å². The van der Waals surface area contributed by atoms with Crippen LogP contribution in [0.5, 0.6) is 0 Å². The minimum Gasteiger partial charge on any atom is -0.363 e. The van der Waals surface area contributed by atoms with Gasteiger partial charge in [-0.15, -0.1) is 0 Å². The second-order valence-corrected chi connectivity index (χ2v) is 10.4.